The molecule has 1 atom stereocenters. The number of piperidine rings is 1. The summed E-state index contributed by atoms with van der Waals surface area (Å²) in [7, 11) is 1.84. The smallest absolute Gasteiger partial charge is 0.191 e. The van der Waals surface area contributed by atoms with E-state index in [2.05, 4.69) is 55.1 Å². The molecule has 2 N–H and O–H groups in total. The third-order valence-corrected chi connectivity index (χ3v) is 3.56. The SMILES string of the molecule is CN=C(NCC1CCCN(C(C)C)C1)NC(C)(C)C. The summed E-state index contributed by atoms with van der Waals surface area (Å²) in [6.45, 7) is 14.5. The van der Waals surface area contributed by atoms with Gasteiger partial charge in [-0.25, -0.2) is 0 Å². The van der Waals surface area contributed by atoms with Crippen LogP contribution in [0.3, 0.4) is 0 Å². The van der Waals surface area contributed by atoms with Gasteiger partial charge in [-0.15, -0.1) is 0 Å². The highest BCUT2D eigenvalue weighted by Gasteiger charge is 2.22. The van der Waals surface area contributed by atoms with Crippen LogP contribution in [-0.4, -0.2) is 49.1 Å². The minimum absolute atomic E-state index is 0.0539. The lowest BCUT2D eigenvalue weighted by atomic mass is 9.97. The normalized spacial score (nSPS) is 22.7. The van der Waals surface area contributed by atoms with Crippen molar-refractivity contribution in [3.05, 3.63) is 0 Å². The third kappa shape index (κ3) is 6.28. The predicted molar refractivity (Wildman–Crippen MR) is 83.7 cm³/mol. The number of likely N-dealkylation sites (tertiary alicyclic amines) is 1. The van der Waals surface area contributed by atoms with Crippen molar-refractivity contribution in [2.24, 2.45) is 10.9 Å². The second-order valence-corrected chi connectivity index (χ2v) is 6.93. The first-order valence-corrected chi connectivity index (χ1v) is 7.54. The molecule has 1 fully saturated rings. The van der Waals surface area contributed by atoms with E-state index < -0.39 is 0 Å². The molecule has 1 aliphatic rings. The lowest BCUT2D eigenvalue weighted by Crippen LogP contribution is -2.50. The van der Waals surface area contributed by atoms with Crippen molar-refractivity contribution in [1.29, 1.82) is 0 Å². The van der Waals surface area contributed by atoms with Gasteiger partial charge in [0.25, 0.3) is 0 Å². The van der Waals surface area contributed by atoms with Crippen LogP contribution >= 0.6 is 0 Å². The van der Waals surface area contributed by atoms with Crippen molar-refractivity contribution >= 4 is 5.96 Å². The Morgan fingerprint density at radius 1 is 1.37 bits per heavy atom. The molecule has 19 heavy (non-hydrogen) atoms. The molecule has 112 valence electrons. The maximum atomic E-state index is 4.29. The summed E-state index contributed by atoms with van der Waals surface area (Å²) >= 11 is 0. The van der Waals surface area contributed by atoms with Crippen molar-refractivity contribution in [2.45, 2.75) is 59.0 Å². The van der Waals surface area contributed by atoms with Gasteiger partial charge in [-0.2, -0.15) is 0 Å². The zero-order chi connectivity index (χ0) is 14.5. The number of guanidine groups is 1. The molecule has 4 heteroatoms. The molecule has 0 bridgehead atoms. The number of hydrogen-bond acceptors (Lipinski definition) is 2. The standard InChI is InChI=1S/C15H32N4/c1-12(2)19-9-7-8-13(11-19)10-17-14(16-6)18-15(3,4)5/h12-13H,7-11H2,1-6H3,(H2,16,17,18). The summed E-state index contributed by atoms with van der Waals surface area (Å²) in [4.78, 5) is 6.87. The zero-order valence-electron chi connectivity index (χ0n) is 13.6. The number of hydrogen-bond donors (Lipinski definition) is 2. The Balaban J connectivity index is 2.38. The Hall–Kier alpha value is -0.770. The monoisotopic (exact) mass is 268 g/mol. The van der Waals surface area contributed by atoms with Crippen molar-refractivity contribution < 1.29 is 0 Å². The van der Waals surface area contributed by atoms with Crippen LogP contribution in [0.4, 0.5) is 0 Å². The number of nitrogens with zero attached hydrogens (tertiary/aromatic N) is 2. The molecule has 1 heterocycles. The van der Waals surface area contributed by atoms with E-state index in [-0.39, 0.29) is 5.54 Å². The molecule has 0 spiro atoms. The summed E-state index contributed by atoms with van der Waals surface area (Å²) in [5.41, 5.74) is 0.0539. The van der Waals surface area contributed by atoms with Crippen LogP contribution in [0.15, 0.2) is 4.99 Å². The average molecular weight is 268 g/mol. The van der Waals surface area contributed by atoms with Crippen LogP contribution in [0.25, 0.3) is 0 Å². The summed E-state index contributed by atoms with van der Waals surface area (Å²) < 4.78 is 0. The molecule has 0 aliphatic carbocycles. The second kappa shape index (κ2) is 7.13. The summed E-state index contributed by atoms with van der Waals surface area (Å²) in [5, 5.41) is 6.87. The van der Waals surface area contributed by atoms with Gasteiger partial charge < -0.3 is 15.5 Å². The van der Waals surface area contributed by atoms with Gasteiger partial charge in [0.1, 0.15) is 0 Å². The number of rotatable bonds is 3. The molecule has 0 amide bonds. The van der Waals surface area contributed by atoms with Crippen LogP contribution in [-0.2, 0) is 0 Å². The van der Waals surface area contributed by atoms with Crippen LogP contribution < -0.4 is 10.6 Å². The molecule has 0 aromatic carbocycles. The molecular weight excluding hydrogens is 236 g/mol. The molecule has 4 nitrogen and oxygen atoms in total. The number of nitrogens with one attached hydrogen (secondary N) is 2. The molecule has 1 rings (SSSR count). The molecular formula is C15H32N4. The average Bonchev–Trinajstić information content (AvgIpc) is 2.33. The van der Waals surface area contributed by atoms with Crippen LogP contribution in [0, 0.1) is 5.92 Å². The van der Waals surface area contributed by atoms with E-state index >= 15 is 0 Å². The summed E-state index contributed by atoms with van der Waals surface area (Å²) in [6.07, 6.45) is 2.64. The fourth-order valence-corrected chi connectivity index (χ4v) is 2.51. The van der Waals surface area contributed by atoms with Gasteiger partial charge >= 0.3 is 0 Å². The molecule has 1 aliphatic heterocycles. The lowest BCUT2D eigenvalue weighted by molar-refractivity contribution is 0.141. The van der Waals surface area contributed by atoms with E-state index in [1.54, 1.807) is 0 Å². The maximum Gasteiger partial charge on any atom is 0.191 e. The molecule has 0 aromatic heterocycles. The Labute approximate surface area is 119 Å². The first kappa shape index (κ1) is 16.3. The van der Waals surface area contributed by atoms with E-state index in [9.17, 15) is 0 Å². The van der Waals surface area contributed by atoms with Crippen molar-refractivity contribution in [1.82, 2.24) is 15.5 Å². The van der Waals surface area contributed by atoms with Gasteiger partial charge in [-0.05, 0) is 59.9 Å². The second-order valence-electron chi connectivity index (χ2n) is 6.93. The Kier molecular flexibility index (Phi) is 6.11. The molecule has 1 saturated heterocycles. The Morgan fingerprint density at radius 3 is 2.58 bits per heavy atom. The molecule has 0 saturated carbocycles. The minimum atomic E-state index is 0.0539. The highest BCUT2D eigenvalue weighted by Crippen LogP contribution is 2.17. The summed E-state index contributed by atoms with van der Waals surface area (Å²) in [5.74, 6) is 1.64. The highest BCUT2D eigenvalue weighted by atomic mass is 15.2. The predicted octanol–water partition coefficient (Wildman–Crippen LogP) is 2.07. The van der Waals surface area contributed by atoms with E-state index in [1.807, 2.05) is 7.05 Å². The lowest BCUT2D eigenvalue weighted by Gasteiger charge is -2.36. The molecule has 1 unspecified atom stereocenters. The van der Waals surface area contributed by atoms with Crippen LogP contribution in [0.1, 0.15) is 47.5 Å². The number of aliphatic imine (C=N–C) groups is 1. The van der Waals surface area contributed by atoms with Crippen molar-refractivity contribution in [3.63, 3.8) is 0 Å². The largest absolute Gasteiger partial charge is 0.356 e. The van der Waals surface area contributed by atoms with Crippen molar-refractivity contribution in [2.75, 3.05) is 26.7 Å². The quantitative estimate of drug-likeness (QED) is 0.608. The first-order chi connectivity index (χ1) is 8.81. The van der Waals surface area contributed by atoms with E-state index in [4.69, 9.17) is 0 Å². The van der Waals surface area contributed by atoms with E-state index in [0.29, 0.717) is 6.04 Å². The Morgan fingerprint density at radius 2 is 2.05 bits per heavy atom. The van der Waals surface area contributed by atoms with Crippen molar-refractivity contribution in [3.8, 4) is 0 Å². The van der Waals surface area contributed by atoms with Crippen LogP contribution in [0.5, 0.6) is 0 Å². The molecule has 0 aromatic rings. The van der Waals surface area contributed by atoms with Gasteiger partial charge in [-0.3, -0.25) is 4.99 Å². The van der Waals surface area contributed by atoms with Gasteiger partial charge in [-0.1, -0.05) is 0 Å². The van der Waals surface area contributed by atoms with Gasteiger partial charge in [0.15, 0.2) is 5.96 Å². The fraction of sp³-hybridized carbons (Fsp3) is 0.933. The van der Waals surface area contributed by atoms with Gasteiger partial charge in [0, 0.05) is 31.7 Å². The fourth-order valence-electron chi connectivity index (χ4n) is 2.51. The zero-order valence-corrected chi connectivity index (χ0v) is 13.6. The molecule has 0 radical (unpaired) electrons. The highest BCUT2D eigenvalue weighted by molar-refractivity contribution is 5.80. The maximum absolute atomic E-state index is 4.29. The van der Waals surface area contributed by atoms with Gasteiger partial charge in [0.2, 0.25) is 0 Å². The van der Waals surface area contributed by atoms with Gasteiger partial charge in [0.05, 0.1) is 0 Å². The van der Waals surface area contributed by atoms with E-state index in [1.165, 1.54) is 25.9 Å². The minimum Gasteiger partial charge on any atom is -0.356 e. The Bertz CT molecular complexity index is 291. The first-order valence-electron chi connectivity index (χ1n) is 7.54. The topological polar surface area (TPSA) is 39.7 Å². The van der Waals surface area contributed by atoms with Crippen LogP contribution in [0.2, 0.25) is 0 Å². The van der Waals surface area contributed by atoms with E-state index in [0.717, 1.165) is 18.4 Å². The third-order valence-electron chi connectivity index (χ3n) is 3.56. The summed E-state index contributed by atoms with van der Waals surface area (Å²) in [6, 6.07) is 0.662.